The molecule has 0 aliphatic rings. The third-order valence-corrected chi connectivity index (χ3v) is 2.83. The highest BCUT2D eigenvalue weighted by molar-refractivity contribution is 5.89. The first-order valence-corrected chi connectivity index (χ1v) is 6.48. The van der Waals surface area contributed by atoms with E-state index in [9.17, 15) is 23.1 Å². The predicted molar refractivity (Wildman–Crippen MR) is 73.4 cm³/mol. The van der Waals surface area contributed by atoms with Gasteiger partial charge in [-0.3, -0.25) is 0 Å². The molecule has 2 amide bonds. The summed E-state index contributed by atoms with van der Waals surface area (Å²) in [7, 11) is 0. The SMILES string of the molecule is CC(O)CC(C)(C)CNC(=O)Nc1cc(F)c(F)cc1F. The zero-order valence-electron chi connectivity index (χ0n) is 12.1. The molecule has 118 valence electrons. The number of hydrogen-bond donors (Lipinski definition) is 3. The van der Waals surface area contributed by atoms with Gasteiger partial charge in [0, 0.05) is 18.7 Å². The summed E-state index contributed by atoms with van der Waals surface area (Å²) < 4.78 is 39.1. The van der Waals surface area contributed by atoms with Crippen molar-refractivity contribution >= 4 is 11.7 Å². The molecule has 0 radical (unpaired) electrons. The highest BCUT2D eigenvalue weighted by atomic mass is 19.2. The van der Waals surface area contributed by atoms with Gasteiger partial charge in [0.1, 0.15) is 5.82 Å². The lowest BCUT2D eigenvalue weighted by Gasteiger charge is -2.26. The molecular weight excluding hydrogens is 285 g/mol. The molecule has 1 aromatic rings. The minimum Gasteiger partial charge on any atom is -0.393 e. The molecule has 0 aliphatic heterocycles. The van der Waals surface area contributed by atoms with E-state index in [-0.39, 0.29) is 12.0 Å². The standard InChI is InChI=1S/C14H19F3N2O2/c1-8(20)6-14(2,3)7-18-13(21)19-12-5-10(16)9(15)4-11(12)17/h4-5,8,20H,6-7H2,1-3H3,(H2,18,19,21). The number of amides is 2. The van der Waals surface area contributed by atoms with Crippen molar-refractivity contribution in [2.45, 2.75) is 33.3 Å². The Balaban J connectivity index is 2.61. The van der Waals surface area contributed by atoms with Gasteiger partial charge in [-0.05, 0) is 18.8 Å². The van der Waals surface area contributed by atoms with Crippen LogP contribution in [0, 0.1) is 22.9 Å². The summed E-state index contributed by atoms with van der Waals surface area (Å²) in [4.78, 5) is 11.6. The summed E-state index contributed by atoms with van der Waals surface area (Å²) in [5.74, 6) is -3.63. The maximum absolute atomic E-state index is 13.4. The van der Waals surface area contributed by atoms with E-state index in [1.54, 1.807) is 6.92 Å². The van der Waals surface area contributed by atoms with Crippen LogP contribution in [0.3, 0.4) is 0 Å². The number of hydrogen-bond acceptors (Lipinski definition) is 2. The molecule has 4 nitrogen and oxygen atoms in total. The highest BCUT2D eigenvalue weighted by Crippen LogP contribution is 2.21. The number of rotatable bonds is 5. The third-order valence-electron chi connectivity index (χ3n) is 2.83. The lowest BCUT2D eigenvalue weighted by Crippen LogP contribution is -2.38. The summed E-state index contributed by atoms with van der Waals surface area (Å²) >= 11 is 0. The Morgan fingerprint density at radius 1 is 1.24 bits per heavy atom. The molecule has 0 saturated heterocycles. The molecule has 0 fully saturated rings. The third kappa shape index (κ3) is 5.63. The summed E-state index contributed by atoms with van der Waals surface area (Å²) in [5, 5.41) is 13.9. The van der Waals surface area contributed by atoms with Crippen molar-refractivity contribution in [3.05, 3.63) is 29.6 Å². The Morgan fingerprint density at radius 3 is 2.38 bits per heavy atom. The second-order valence-electron chi connectivity index (χ2n) is 5.77. The second kappa shape index (κ2) is 6.80. The largest absolute Gasteiger partial charge is 0.393 e. The van der Waals surface area contributed by atoms with Gasteiger partial charge in [-0.15, -0.1) is 0 Å². The van der Waals surface area contributed by atoms with Gasteiger partial charge >= 0.3 is 6.03 Å². The highest BCUT2D eigenvalue weighted by Gasteiger charge is 2.21. The number of benzene rings is 1. The first kappa shape index (κ1) is 17.3. The Bertz CT molecular complexity index is 519. The smallest absolute Gasteiger partial charge is 0.319 e. The van der Waals surface area contributed by atoms with E-state index in [0.717, 1.165) is 0 Å². The Hall–Kier alpha value is -1.76. The molecule has 0 heterocycles. The van der Waals surface area contributed by atoms with Crippen molar-refractivity contribution in [1.29, 1.82) is 0 Å². The van der Waals surface area contributed by atoms with Crippen molar-refractivity contribution < 1.29 is 23.1 Å². The molecule has 0 spiro atoms. The first-order chi connectivity index (χ1) is 9.60. The molecular formula is C14H19F3N2O2. The second-order valence-corrected chi connectivity index (χ2v) is 5.77. The van der Waals surface area contributed by atoms with Crippen molar-refractivity contribution in [2.24, 2.45) is 5.41 Å². The van der Waals surface area contributed by atoms with Crippen LogP contribution in [0.25, 0.3) is 0 Å². The zero-order chi connectivity index (χ0) is 16.2. The van der Waals surface area contributed by atoms with Crippen LogP contribution >= 0.6 is 0 Å². The number of carbonyl (C=O) groups excluding carboxylic acids is 1. The maximum Gasteiger partial charge on any atom is 0.319 e. The van der Waals surface area contributed by atoms with Gasteiger partial charge in [-0.1, -0.05) is 13.8 Å². The van der Waals surface area contributed by atoms with Crippen molar-refractivity contribution in [3.8, 4) is 0 Å². The van der Waals surface area contributed by atoms with Crippen LogP contribution in [0.2, 0.25) is 0 Å². The number of aliphatic hydroxyl groups is 1. The average molecular weight is 304 g/mol. The van der Waals surface area contributed by atoms with Crippen LogP contribution in [0.4, 0.5) is 23.7 Å². The topological polar surface area (TPSA) is 61.4 Å². The molecule has 1 unspecified atom stereocenters. The average Bonchev–Trinajstić information content (AvgIpc) is 2.32. The van der Waals surface area contributed by atoms with Gasteiger partial charge < -0.3 is 15.7 Å². The fraction of sp³-hybridized carbons (Fsp3) is 0.500. The van der Waals surface area contributed by atoms with E-state index >= 15 is 0 Å². The van der Waals surface area contributed by atoms with E-state index in [4.69, 9.17) is 0 Å². The van der Waals surface area contributed by atoms with E-state index in [1.165, 1.54) is 0 Å². The van der Waals surface area contributed by atoms with Crippen molar-refractivity contribution in [2.75, 3.05) is 11.9 Å². The number of halogens is 3. The van der Waals surface area contributed by atoms with E-state index < -0.39 is 35.3 Å². The number of urea groups is 1. The van der Waals surface area contributed by atoms with Crippen LogP contribution in [0.5, 0.6) is 0 Å². The van der Waals surface area contributed by atoms with Gasteiger partial charge in [-0.2, -0.15) is 0 Å². The number of aliphatic hydroxyl groups excluding tert-OH is 1. The summed E-state index contributed by atoms with van der Waals surface area (Å²) in [6.07, 6.45) is -0.0548. The molecule has 1 atom stereocenters. The fourth-order valence-corrected chi connectivity index (χ4v) is 1.98. The van der Waals surface area contributed by atoms with Gasteiger partial charge in [0.15, 0.2) is 11.6 Å². The molecule has 0 aliphatic carbocycles. The lowest BCUT2D eigenvalue weighted by molar-refractivity contribution is 0.129. The number of carbonyl (C=O) groups is 1. The van der Waals surface area contributed by atoms with E-state index in [2.05, 4.69) is 10.6 Å². The minimum atomic E-state index is -1.32. The molecule has 1 aromatic carbocycles. The van der Waals surface area contributed by atoms with Gasteiger partial charge in [-0.25, -0.2) is 18.0 Å². The van der Waals surface area contributed by atoms with Crippen LogP contribution in [-0.2, 0) is 0 Å². The molecule has 7 heteroatoms. The zero-order valence-corrected chi connectivity index (χ0v) is 12.1. The first-order valence-electron chi connectivity index (χ1n) is 6.48. The quantitative estimate of drug-likeness (QED) is 0.732. The Kier molecular flexibility index (Phi) is 5.60. The van der Waals surface area contributed by atoms with Gasteiger partial charge in [0.2, 0.25) is 0 Å². The molecule has 0 saturated carbocycles. The maximum atomic E-state index is 13.4. The fourth-order valence-electron chi connectivity index (χ4n) is 1.98. The van der Waals surface area contributed by atoms with Crippen LogP contribution in [-0.4, -0.2) is 23.8 Å². The minimum absolute atomic E-state index is 0.231. The summed E-state index contributed by atoms with van der Waals surface area (Å²) in [6, 6.07) is 0.201. The summed E-state index contributed by atoms with van der Waals surface area (Å²) in [5.41, 5.74) is -0.808. The lowest BCUT2D eigenvalue weighted by atomic mass is 9.87. The molecule has 0 bridgehead atoms. The van der Waals surface area contributed by atoms with E-state index in [0.29, 0.717) is 18.6 Å². The van der Waals surface area contributed by atoms with Crippen molar-refractivity contribution in [1.82, 2.24) is 5.32 Å². The molecule has 21 heavy (non-hydrogen) atoms. The predicted octanol–water partition coefficient (Wildman–Crippen LogP) is 3.02. The molecule has 3 N–H and O–H groups in total. The van der Waals surface area contributed by atoms with Crippen LogP contribution in [0.15, 0.2) is 12.1 Å². The molecule has 1 rings (SSSR count). The number of anilines is 1. The van der Waals surface area contributed by atoms with Crippen LogP contribution < -0.4 is 10.6 Å². The van der Waals surface area contributed by atoms with Gasteiger partial charge in [0.25, 0.3) is 0 Å². The Morgan fingerprint density at radius 2 is 1.81 bits per heavy atom. The number of nitrogens with one attached hydrogen (secondary N) is 2. The normalized spacial score (nSPS) is 12.9. The monoisotopic (exact) mass is 304 g/mol. The Labute approximate surface area is 121 Å². The van der Waals surface area contributed by atoms with Crippen molar-refractivity contribution in [3.63, 3.8) is 0 Å². The van der Waals surface area contributed by atoms with Gasteiger partial charge in [0.05, 0.1) is 11.8 Å². The van der Waals surface area contributed by atoms with E-state index in [1.807, 2.05) is 13.8 Å². The summed E-state index contributed by atoms with van der Waals surface area (Å²) in [6.45, 7) is 5.56. The van der Waals surface area contributed by atoms with Crippen LogP contribution in [0.1, 0.15) is 27.2 Å². The molecule has 0 aromatic heterocycles.